The Hall–Kier alpha value is -2.14. The summed E-state index contributed by atoms with van der Waals surface area (Å²) >= 11 is 0. The van der Waals surface area contributed by atoms with Gasteiger partial charge in [-0.3, -0.25) is 14.9 Å². The van der Waals surface area contributed by atoms with Gasteiger partial charge in [0.2, 0.25) is 10.0 Å². The van der Waals surface area contributed by atoms with E-state index in [0.717, 1.165) is 43.5 Å². The number of nitrogens with zero attached hydrogens (tertiary/aromatic N) is 1. The molecule has 1 fully saturated rings. The van der Waals surface area contributed by atoms with Gasteiger partial charge in [-0.25, -0.2) is 13.1 Å². The molecular formula is C16H21F2N3O5S. The van der Waals surface area contributed by atoms with Crippen molar-refractivity contribution < 1.29 is 26.9 Å². The third-order valence-corrected chi connectivity index (χ3v) is 5.02. The fourth-order valence-corrected chi connectivity index (χ4v) is 3.76. The van der Waals surface area contributed by atoms with Crippen molar-refractivity contribution in [3.63, 3.8) is 0 Å². The fraction of sp³-hybridized carbons (Fsp3) is 0.562. The Labute approximate surface area is 155 Å². The first kappa shape index (κ1) is 21.2. The van der Waals surface area contributed by atoms with Crippen LogP contribution in [0.1, 0.15) is 43.7 Å². The van der Waals surface area contributed by atoms with E-state index in [1.165, 1.54) is 0 Å². The van der Waals surface area contributed by atoms with Crippen LogP contribution in [0.25, 0.3) is 0 Å². The molecule has 150 valence electrons. The van der Waals surface area contributed by atoms with Crippen LogP contribution in [0.15, 0.2) is 24.3 Å². The molecule has 0 saturated heterocycles. The molecule has 0 radical (unpaired) electrons. The smallest absolute Gasteiger partial charge is 0.344 e. The maximum atomic E-state index is 14.9. The second kappa shape index (κ2) is 8.26. The molecule has 2 rings (SSSR count). The second-order valence-corrected chi connectivity index (χ2v) is 8.39. The molecule has 0 aliphatic heterocycles. The first-order chi connectivity index (χ1) is 12.5. The first-order valence-electron chi connectivity index (χ1n) is 8.41. The van der Waals surface area contributed by atoms with Gasteiger partial charge in [0, 0.05) is 18.2 Å². The molecule has 0 bridgehead atoms. The summed E-state index contributed by atoms with van der Waals surface area (Å²) < 4.78 is 54.7. The Morgan fingerprint density at radius 2 is 1.93 bits per heavy atom. The maximum Gasteiger partial charge on any atom is 0.344 e. The van der Waals surface area contributed by atoms with Gasteiger partial charge >= 0.3 is 5.92 Å². The number of hydrogen-bond donors (Lipinski definition) is 2. The maximum absolute atomic E-state index is 14.9. The summed E-state index contributed by atoms with van der Waals surface area (Å²) in [4.78, 5) is 22.3. The number of carbonyl (C=O) groups is 1. The van der Waals surface area contributed by atoms with Crippen LogP contribution in [0.2, 0.25) is 0 Å². The van der Waals surface area contributed by atoms with Crippen LogP contribution in [0.3, 0.4) is 0 Å². The van der Waals surface area contributed by atoms with Gasteiger partial charge in [0.05, 0.1) is 11.2 Å². The molecule has 1 atom stereocenters. The summed E-state index contributed by atoms with van der Waals surface area (Å²) in [6.45, 7) is 0. The number of nitrogens with one attached hydrogen (secondary N) is 2. The van der Waals surface area contributed by atoms with Crippen LogP contribution in [-0.4, -0.2) is 37.5 Å². The molecule has 1 aromatic carbocycles. The van der Waals surface area contributed by atoms with E-state index < -0.39 is 44.5 Å². The lowest BCUT2D eigenvalue weighted by Crippen LogP contribution is -2.52. The van der Waals surface area contributed by atoms with Gasteiger partial charge in [-0.2, -0.15) is 8.78 Å². The van der Waals surface area contributed by atoms with E-state index >= 15 is 0 Å². The molecule has 0 aromatic heterocycles. The molecule has 1 aliphatic rings. The van der Waals surface area contributed by atoms with Crippen molar-refractivity contribution in [1.29, 1.82) is 0 Å². The summed E-state index contributed by atoms with van der Waals surface area (Å²) in [5.74, 6) is -5.75. The fourth-order valence-electron chi connectivity index (χ4n) is 3.04. The average molecular weight is 405 g/mol. The molecule has 1 unspecified atom stereocenters. The number of non-ortho nitro benzene ring substituents is 1. The average Bonchev–Trinajstić information content (AvgIpc) is 2.59. The first-order valence-corrected chi connectivity index (χ1v) is 10.3. The van der Waals surface area contributed by atoms with E-state index in [4.69, 9.17) is 0 Å². The number of amides is 1. The van der Waals surface area contributed by atoms with Crippen molar-refractivity contribution in [1.82, 2.24) is 10.0 Å². The summed E-state index contributed by atoms with van der Waals surface area (Å²) in [5, 5.41) is 13.2. The molecule has 0 heterocycles. The lowest BCUT2D eigenvalue weighted by molar-refractivity contribution is -0.385. The molecule has 0 spiro atoms. The number of alkyl halides is 2. The Kier molecular flexibility index (Phi) is 6.47. The predicted molar refractivity (Wildman–Crippen MR) is 93.8 cm³/mol. The van der Waals surface area contributed by atoms with Gasteiger partial charge in [-0.15, -0.1) is 0 Å². The minimum atomic E-state index is -4.14. The number of rotatable bonds is 7. The van der Waals surface area contributed by atoms with E-state index in [-0.39, 0.29) is 5.56 Å². The summed E-state index contributed by atoms with van der Waals surface area (Å²) in [5.41, 5.74) is -0.866. The van der Waals surface area contributed by atoms with E-state index in [0.29, 0.717) is 19.1 Å². The quantitative estimate of drug-likeness (QED) is 0.533. The Bertz CT molecular complexity index is 810. The molecule has 2 N–H and O–H groups in total. The van der Waals surface area contributed by atoms with Crippen molar-refractivity contribution in [2.75, 3.05) is 6.26 Å². The minimum absolute atomic E-state index is 0.376. The highest BCUT2D eigenvalue weighted by atomic mass is 32.2. The molecule has 1 saturated carbocycles. The number of nitro benzene ring substituents is 1. The van der Waals surface area contributed by atoms with Crippen LogP contribution in [0, 0.1) is 10.1 Å². The molecule has 8 nitrogen and oxygen atoms in total. The monoisotopic (exact) mass is 405 g/mol. The Morgan fingerprint density at radius 3 is 2.48 bits per heavy atom. The standard InChI is InChI=1S/C16H21F2N3O5S/c1-27(25,26)20-14(11-6-5-9-13(10-11)21(23)24)16(17,18)15(22)19-12-7-3-2-4-8-12/h5-6,9-10,12,14,20H,2-4,7-8H2,1H3,(H,19,22). The van der Waals surface area contributed by atoms with E-state index in [1.54, 1.807) is 4.72 Å². The third-order valence-electron chi connectivity index (χ3n) is 4.35. The van der Waals surface area contributed by atoms with Gasteiger partial charge in [-0.1, -0.05) is 31.4 Å². The highest BCUT2D eigenvalue weighted by molar-refractivity contribution is 7.88. The summed E-state index contributed by atoms with van der Waals surface area (Å²) in [6.07, 6.45) is 4.41. The zero-order valence-corrected chi connectivity index (χ0v) is 15.5. The highest BCUT2D eigenvalue weighted by Gasteiger charge is 2.50. The minimum Gasteiger partial charge on any atom is -0.348 e. The van der Waals surface area contributed by atoms with Gasteiger partial charge in [0.25, 0.3) is 11.6 Å². The van der Waals surface area contributed by atoms with Crippen molar-refractivity contribution in [3.8, 4) is 0 Å². The normalized spacial score (nSPS) is 17.3. The van der Waals surface area contributed by atoms with Crippen LogP contribution in [0.5, 0.6) is 0 Å². The largest absolute Gasteiger partial charge is 0.348 e. The van der Waals surface area contributed by atoms with E-state index in [9.17, 15) is 32.1 Å². The summed E-state index contributed by atoms with van der Waals surface area (Å²) in [7, 11) is -4.13. The van der Waals surface area contributed by atoms with Gasteiger partial charge in [-0.05, 0) is 18.4 Å². The second-order valence-electron chi connectivity index (χ2n) is 6.61. The SMILES string of the molecule is CS(=O)(=O)NC(c1cccc([N+](=O)[O-])c1)C(F)(F)C(=O)NC1CCCCC1. The number of hydrogen-bond acceptors (Lipinski definition) is 5. The van der Waals surface area contributed by atoms with Crippen molar-refractivity contribution in [2.45, 2.75) is 50.1 Å². The van der Waals surface area contributed by atoms with Crippen LogP contribution in [-0.2, 0) is 14.8 Å². The molecule has 1 aliphatic carbocycles. The van der Waals surface area contributed by atoms with Crippen molar-refractivity contribution in [3.05, 3.63) is 39.9 Å². The van der Waals surface area contributed by atoms with Crippen molar-refractivity contribution in [2.24, 2.45) is 0 Å². The zero-order valence-electron chi connectivity index (χ0n) is 14.7. The molecule has 1 aromatic rings. The van der Waals surface area contributed by atoms with Gasteiger partial charge < -0.3 is 5.32 Å². The number of nitro groups is 1. The lowest BCUT2D eigenvalue weighted by atomic mass is 9.94. The molecule has 27 heavy (non-hydrogen) atoms. The highest BCUT2D eigenvalue weighted by Crippen LogP contribution is 2.34. The lowest BCUT2D eigenvalue weighted by Gasteiger charge is -2.29. The van der Waals surface area contributed by atoms with Gasteiger partial charge in [0.1, 0.15) is 6.04 Å². The molecule has 1 amide bonds. The zero-order chi connectivity index (χ0) is 20.2. The number of carbonyl (C=O) groups excluding carboxylic acids is 1. The van der Waals surface area contributed by atoms with E-state index in [2.05, 4.69) is 5.32 Å². The Balaban J connectivity index is 2.34. The van der Waals surface area contributed by atoms with Crippen molar-refractivity contribution >= 4 is 21.6 Å². The van der Waals surface area contributed by atoms with E-state index in [1.807, 2.05) is 0 Å². The third kappa shape index (κ3) is 5.67. The van der Waals surface area contributed by atoms with Crippen LogP contribution >= 0.6 is 0 Å². The Morgan fingerprint density at radius 1 is 1.30 bits per heavy atom. The molecular weight excluding hydrogens is 384 g/mol. The predicted octanol–water partition coefficient (Wildman–Crippen LogP) is 2.27. The summed E-state index contributed by atoms with van der Waals surface area (Å²) in [6, 6.07) is 1.50. The number of benzene rings is 1. The number of halogens is 2. The van der Waals surface area contributed by atoms with Crippen LogP contribution < -0.4 is 10.0 Å². The number of sulfonamides is 1. The van der Waals surface area contributed by atoms with Gasteiger partial charge in [0.15, 0.2) is 0 Å². The topological polar surface area (TPSA) is 118 Å². The van der Waals surface area contributed by atoms with Crippen LogP contribution in [0.4, 0.5) is 14.5 Å². The molecule has 11 heteroatoms.